The molecule has 0 spiro atoms. The molecular formula is C14H13N3O2. The van der Waals surface area contributed by atoms with E-state index in [0.717, 1.165) is 23.9 Å². The van der Waals surface area contributed by atoms with Crippen LogP contribution in [0, 0.1) is 22.0 Å². The number of nitro groups is 1. The number of hydrogen-bond acceptors (Lipinski definition) is 4. The normalized spacial score (nSPS) is 9.95. The van der Waals surface area contributed by atoms with Crippen LogP contribution in [0.3, 0.4) is 0 Å². The fraction of sp³-hybridized carbons (Fsp3) is 0.214. The molecule has 96 valence electrons. The molecular weight excluding hydrogens is 242 g/mol. The Bertz CT molecular complexity index is 671. The molecule has 0 aliphatic carbocycles. The topological polar surface area (TPSA) is 68.1 Å². The van der Waals surface area contributed by atoms with Gasteiger partial charge in [-0.3, -0.25) is 15.1 Å². The van der Waals surface area contributed by atoms with Crippen LogP contribution in [0.15, 0.2) is 30.6 Å². The van der Waals surface area contributed by atoms with E-state index in [1.807, 2.05) is 7.05 Å². The van der Waals surface area contributed by atoms with E-state index in [1.165, 1.54) is 12.3 Å². The van der Waals surface area contributed by atoms with E-state index >= 15 is 0 Å². The smallest absolute Gasteiger partial charge is 0.278 e. The Morgan fingerprint density at radius 3 is 2.95 bits per heavy atom. The first-order valence-corrected chi connectivity index (χ1v) is 5.88. The molecule has 5 heteroatoms. The van der Waals surface area contributed by atoms with Crippen LogP contribution in [0.5, 0.6) is 0 Å². The Hall–Kier alpha value is -2.45. The van der Waals surface area contributed by atoms with Gasteiger partial charge in [0.25, 0.3) is 5.69 Å². The first kappa shape index (κ1) is 13.0. The van der Waals surface area contributed by atoms with Gasteiger partial charge in [0.15, 0.2) is 0 Å². The van der Waals surface area contributed by atoms with Gasteiger partial charge in [-0.15, -0.1) is 0 Å². The van der Waals surface area contributed by atoms with Crippen molar-refractivity contribution in [3.8, 4) is 11.8 Å². The van der Waals surface area contributed by atoms with Crippen LogP contribution in [0.25, 0.3) is 10.8 Å². The molecule has 0 fully saturated rings. The van der Waals surface area contributed by atoms with Crippen molar-refractivity contribution in [2.75, 3.05) is 13.6 Å². The molecule has 1 aromatic heterocycles. The molecule has 0 saturated carbocycles. The highest BCUT2D eigenvalue weighted by Crippen LogP contribution is 2.26. The zero-order valence-electron chi connectivity index (χ0n) is 10.5. The second-order valence-electron chi connectivity index (χ2n) is 3.97. The number of rotatable bonds is 3. The number of pyridine rings is 1. The Kier molecular flexibility index (Phi) is 4.06. The van der Waals surface area contributed by atoms with Crippen molar-refractivity contribution in [3.63, 3.8) is 0 Å². The molecule has 0 atom stereocenters. The summed E-state index contributed by atoms with van der Waals surface area (Å²) in [5.41, 5.74) is 0.850. The maximum absolute atomic E-state index is 11.0. The van der Waals surface area contributed by atoms with Gasteiger partial charge in [0.2, 0.25) is 0 Å². The number of aromatic nitrogens is 1. The Morgan fingerprint density at radius 1 is 1.37 bits per heavy atom. The van der Waals surface area contributed by atoms with Gasteiger partial charge in [-0.1, -0.05) is 11.8 Å². The minimum Gasteiger partial charge on any atom is -0.319 e. The number of non-ortho nitro benzene ring substituents is 1. The fourth-order valence-corrected chi connectivity index (χ4v) is 1.79. The zero-order valence-corrected chi connectivity index (χ0v) is 10.5. The lowest BCUT2D eigenvalue weighted by Crippen LogP contribution is -2.05. The third kappa shape index (κ3) is 2.87. The molecule has 0 bridgehead atoms. The van der Waals surface area contributed by atoms with E-state index in [2.05, 4.69) is 22.1 Å². The molecule has 5 nitrogen and oxygen atoms in total. The van der Waals surface area contributed by atoms with Gasteiger partial charge in [0.05, 0.1) is 10.3 Å². The maximum Gasteiger partial charge on any atom is 0.278 e. The molecule has 0 radical (unpaired) electrons. The van der Waals surface area contributed by atoms with Crippen molar-refractivity contribution in [3.05, 3.63) is 46.3 Å². The molecule has 0 amide bonds. The number of fused-ring (bicyclic) bond motifs is 1. The molecule has 2 rings (SSSR count). The minimum atomic E-state index is -0.401. The molecule has 0 aliphatic rings. The highest BCUT2D eigenvalue weighted by molar-refractivity contribution is 5.94. The fourth-order valence-electron chi connectivity index (χ4n) is 1.79. The lowest BCUT2D eigenvalue weighted by atomic mass is 10.1. The van der Waals surface area contributed by atoms with Crippen molar-refractivity contribution < 1.29 is 4.92 Å². The summed E-state index contributed by atoms with van der Waals surface area (Å²) in [6.07, 6.45) is 3.86. The molecule has 2 aromatic rings. The van der Waals surface area contributed by atoms with Crippen LogP contribution in [0.4, 0.5) is 5.69 Å². The lowest BCUT2D eigenvalue weighted by Gasteiger charge is -2.01. The first-order chi connectivity index (χ1) is 9.24. The quantitative estimate of drug-likeness (QED) is 0.395. The maximum atomic E-state index is 11.0. The summed E-state index contributed by atoms with van der Waals surface area (Å²) in [7, 11) is 1.87. The zero-order chi connectivity index (χ0) is 13.7. The number of benzene rings is 1. The van der Waals surface area contributed by atoms with Crippen LogP contribution < -0.4 is 5.32 Å². The Labute approximate surface area is 110 Å². The summed E-state index contributed by atoms with van der Waals surface area (Å²) in [6, 6.07) is 4.92. The predicted octanol–water partition coefficient (Wildman–Crippen LogP) is 2.10. The second-order valence-corrected chi connectivity index (χ2v) is 3.97. The summed E-state index contributed by atoms with van der Waals surface area (Å²) in [5, 5.41) is 15.3. The van der Waals surface area contributed by atoms with E-state index in [9.17, 15) is 10.1 Å². The average Bonchev–Trinajstić information content (AvgIpc) is 2.43. The van der Waals surface area contributed by atoms with Crippen molar-refractivity contribution >= 4 is 16.5 Å². The monoisotopic (exact) mass is 255 g/mol. The number of hydrogen-bond donors (Lipinski definition) is 1. The largest absolute Gasteiger partial charge is 0.319 e. The van der Waals surface area contributed by atoms with E-state index in [1.54, 1.807) is 18.3 Å². The van der Waals surface area contributed by atoms with E-state index in [4.69, 9.17) is 0 Å². The first-order valence-electron chi connectivity index (χ1n) is 5.88. The highest BCUT2D eigenvalue weighted by atomic mass is 16.6. The molecule has 1 aromatic carbocycles. The molecule has 0 unspecified atom stereocenters. The molecule has 1 N–H and O–H groups in total. The number of nitro benzene ring substituents is 1. The summed E-state index contributed by atoms with van der Waals surface area (Å²) >= 11 is 0. The molecule has 0 saturated heterocycles. The third-order valence-electron chi connectivity index (χ3n) is 2.71. The Morgan fingerprint density at radius 2 is 2.21 bits per heavy atom. The summed E-state index contributed by atoms with van der Waals surface area (Å²) < 4.78 is 0. The number of nitrogens with one attached hydrogen (secondary N) is 1. The van der Waals surface area contributed by atoms with Crippen LogP contribution in [-0.4, -0.2) is 23.5 Å². The summed E-state index contributed by atoms with van der Waals surface area (Å²) in [4.78, 5) is 14.5. The average molecular weight is 255 g/mol. The second kappa shape index (κ2) is 5.94. The van der Waals surface area contributed by atoms with E-state index in [-0.39, 0.29) is 5.69 Å². The van der Waals surface area contributed by atoms with Gasteiger partial charge in [-0.2, -0.15) is 0 Å². The van der Waals surface area contributed by atoms with Crippen LogP contribution in [0.2, 0.25) is 0 Å². The van der Waals surface area contributed by atoms with Gasteiger partial charge >= 0.3 is 0 Å². The molecule has 19 heavy (non-hydrogen) atoms. The standard InChI is InChI=1S/C14H13N3O2/c1-15-8-3-2-4-11-5-6-14(17(18)19)13-10-16-9-7-12(11)13/h5-7,9-10,15H,3,8H2,1H3. The van der Waals surface area contributed by atoms with Crippen LogP contribution in [-0.2, 0) is 0 Å². The van der Waals surface area contributed by atoms with Crippen molar-refractivity contribution in [1.29, 1.82) is 0 Å². The van der Waals surface area contributed by atoms with Gasteiger partial charge in [0, 0.05) is 42.4 Å². The van der Waals surface area contributed by atoms with Gasteiger partial charge in [-0.05, 0) is 19.2 Å². The summed E-state index contributed by atoms with van der Waals surface area (Å²) in [5.74, 6) is 6.09. The van der Waals surface area contributed by atoms with Crippen molar-refractivity contribution in [2.24, 2.45) is 0 Å². The van der Waals surface area contributed by atoms with E-state index in [0.29, 0.717) is 5.39 Å². The predicted molar refractivity (Wildman–Crippen MR) is 73.8 cm³/mol. The van der Waals surface area contributed by atoms with Crippen LogP contribution >= 0.6 is 0 Å². The SMILES string of the molecule is CNCCC#Cc1ccc([N+](=O)[O-])c2cnccc12. The van der Waals surface area contributed by atoms with Gasteiger partial charge in [0.1, 0.15) is 0 Å². The van der Waals surface area contributed by atoms with Gasteiger partial charge < -0.3 is 5.32 Å². The Balaban J connectivity index is 2.49. The summed E-state index contributed by atoms with van der Waals surface area (Å²) in [6.45, 7) is 0.819. The van der Waals surface area contributed by atoms with E-state index < -0.39 is 4.92 Å². The van der Waals surface area contributed by atoms with Crippen LogP contribution in [0.1, 0.15) is 12.0 Å². The highest BCUT2D eigenvalue weighted by Gasteiger charge is 2.13. The van der Waals surface area contributed by atoms with Crippen molar-refractivity contribution in [2.45, 2.75) is 6.42 Å². The third-order valence-corrected chi connectivity index (χ3v) is 2.71. The van der Waals surface area contributed by atoms with Gasteiger partial charge in [-0.25, -0.2) is 0 Å². The lowest BCUT2D eigenvalue weighted by molar-refractivity contribution is -0.383. The molecule has 1 heterocycles. The minimum absolute atomic E-state index is 0.0591. The van der Waals surface area contributed by atoms with Crippen molar-refractivity contribution in [1.82, 2.24) is 10.3 Å². The number of nitrogens with zero attached hydrogens (tertiary/aromatic N) is 2. The molecule has 0 aliphatic heterocycles.